The lowest BCUT2D eigenvalue weighted by Gasteiger charge is -2.20. The second kappa shape index (κ2) is 5.60. The Morgan fingerprint density at radius 1 is 1.10 bits per heavy atom. The summed E-state index contributed by atoms with van der Waals surface area (Å²) in [5.74, 6) is 2.82. The monoisotopic (exact) mass is 283 g/mol. The summed E-state index contributed by atoms with van der Waals surface area (Å²) in [7, 11) is 0. The highest BCUT2D eigenvalue weighted by molar-refractivity contribution is 5.34. The summed E-state index contributed by atoms with van der Waals surface area (Å²) in [4.78, 5) is 4.67. The second-order valence-electron chi connectivity index (χ2n) is 6.32. The Kier molecular flexibility index (Phi) is 3.47. The lowest BCUT2D eigenvalue weighted by Crippen LogP contribution is -2.28. The molecule has 0 atom stereocenters. The van der Waals surface area contributed by atoms with E-state index in [0.29, 0.717) is 11.8 Å². The van der Waals surface area contributed by atoms with E-state index in [0.717, 1.165) is 44.1 Å². The Balaban J connectivity index is 1.43. The van der Waals surface area contributed by atoms with E-state index in [1.807, 2.05) is 0 Å². The summed E-state index contributed by atoms with van der Waals surface area (Å²) in [5.41, 5.74) is 2.87. The Labute approximate surface area is 124 Å². The van der Waals surface area contributed by atoms with Gasteiger partial charge in [-0.05, 0) is 55.8 Å². The van der Waals surface area contributed by atoms with Crippen molar-refractivity contribution in [3.63, 3.8) is 0 Å². The van der Waals surface area contributed by atoms with Crippen LogP contribution in [-0.4, -0.2) is 23.2 Å². The van der Waals surface area contributed by atoms with Gasteiger partial charge in [0.15, 0.2) is 5.82 Å². The number of benzene rings is 1. The molecular weight excluding hydrogens is 262 g/mol. The number of fused-ring (bicyclic) bond motifs is 1. The van der Waals surface area contributed by atoms with E-state index in [-0.39, 0.29) is 0 Å². The van der Waals surface area contributed by atoms with Crippen molar-refractivity contribution >= 4 is 0 Å². The van der Waals surface area contributed by atoms with Crippen LogP contribution < -0.4 is 5.32 Å². The smallest absolute Gasteiger partial charge is 0.226 e. The highest BCUT2D eigenvalue weighted by Crippen LogP contribution is 2.32. The maximum atomic E-state index is 5.50. The minimum atomic E-state index is 0.396. The molecule has 21 heavy (non-hydrogen) atoms. The zero-order chi connectivity index (χ0) is 14.1. The largest absolute Gasteiger partial charge is 0.339 e. The third-order valence-corrected chi connectivity index (χ3v) is 4.82. The van der Waals surface area contributed by atoms with Crippen LogP contribution >= 0.6 is 0 Å². The molecule has 0 spiro atoms. The van der Waals surface area contributed by atoms with Gasteiger partial charge in [0.25, 0.3) is 0 Å². The SMILES string of the molecule is c1ccc2c(c1)CC(c1noc(CC3CCNCC3)n1)C2. The Hall–Kier alpha value is -1.68. The molecule has 1 aromatic carbocycles. The number of hydrogen-bond acceptors (Lipinski definition) is 4. The molecule has 2 heterocycles. The molecule has 1 N–H and O–H groups in total. The van der Waals surface area contributed by atoms with Crippen molar-refractivity contribution in [2.75, 3.05) is 13.1 Å². The third kappa shape index (κ3) is 2.72. The highest BCUT2D eigenvalue weighted by Gasteiger charge is 2.27. The standard InChI is InChI=1S/C17H21N3O/c1-2-4-14-11-15(10-13(14)3-1)17-19-16(21-20-17)9-12-5-7-18-8-6-12/h1-4,12,15,18H,5-11H2. The summed E-state index contributed by atoms with van der Waals surface area (Å²) in [6.45, 7) is 2.23. The first-order valence-electron chi connectivity index (χ1n) is 7.98. The van der Waals surface area contributed by atoms with E-state index in [4.69, 9.17) is 4.52 Å². The van der Waals surface area contributed by atoms with Crippen LogP contribution in [0.5, 0.6) is 0 Å². The Morgan fingerprint density at radius 2 is 1.81 bits per heavy atom. The molecule has 1 fully saturated rings. The van der Waals surface area contributed by atoms with Gasteiger partial charge in [0.05, 0.1) is 0 Å². The maximum absolute atomic E-state index is 5.50. The molecule has 2 aliphatic rings. The molecule has 4 heteroatoms. The minimum Gasteiger partial charge on any atom is -0.339 e. The fourth-order valence-corrected chi connectivity index (χ4v) is 3.59. The number of aromatic nitrogens is 2. The van der Waals surface area contributed by atoms with Gasteiger partial charge in [0.2, 0.25) is 5.89 Å². The Bertz CT molecular complexity index is 591. The molecule has 0 radical (unpaired) electrons. The maximum Gasteiger partial charge on any atom is 0.226 e. The van der Waals surface area contributed by atoms with Crippen molar-refractivity contribution in [3.8, 4) is 0 Å². The average molecular weight is 283 g/mol. The van der Waals surface area contributed by atoms with E-state index in [1.165, 1.54) is 24.0 Å². The van der Waals surface area contributed by atoms with Gasteiger partial charge in [-0.2, -0.15) is 4.98 Å². The van der Waals surface area contributed by atoms with Crippen LogP contribution in [0, 0.1) is 5.92 Å². The van der Waals surface area contributed by atoms with Crippen molar-refractivity contribution in [2.45, 2.75) is 38.0 Å². The van der Waals surface area contributed by atoms with Crippen LogP contribution in [0.1, 0.15) is 41.6 Å². The van der Waals surface area contributed by atoms with Gasteiger partial charge in [-0.3, -0.25) is 0 Å². The van der Waals surface area contributed by atoms with Crippen molar-refractivity contribution in [1.29, 1.82) is 0 Å². The zero-order valence-corrected chi connectivity index (χ0v) is 12.2. The molecule has 0 bridgehead atoms. The number of hydrogen-bond donors (Lipinski definition) is 1. The first kappa shape index (κ1) is 13.0. The van der Waals surface area contributed by atoms with Gasteiger partial charge in [0.1, 0.15) is 0 Å². The van der Waals surface area contributed by atoms with E-state index in [9.17, 15) is 0 Å². The van der Waals surface area contributed by atoms with E-state index in [2.05, 4.69) is 39.7 Å². The average Bonchev–Trinajstić information content (AvgIpc) is 3.14. The molecule has 2 aromatic rings. The topological polar surface area (TPSA) is 51.0 Å². The summed E-state index contributed by atoms with van der Waals surface area (Å²) >= 11 is 0. The molecule has 1 aromatic heterocycles. The number of nitrogens with one attached hydrogen (secondary N) is 1. The first-order chi connectivity index (χ1) is 10.4. The summed E-state index contributed by atoms with van der Waals surface area (Å²) in [6.07, 6.45) is 5.46. The quantitative estimate of drug-likeness (QED) is 0.940. The lowest BCUT2D eigenvalue weighted by atomic mass is 9.95. The van der Waals surface area contributed by atoms with Gasteiger partial charge in [0, 0.05) is 12.3 Å². The summed E-state index contributed by atoms with van der Waals surface area (Å²) < 4.78 is 5.50. The van der Waals surface area contributed by atoms with Crippen LogP contribution in [0.3, 0.4) is 0 Å². The van der Waals surface area contributed by atoms with E-state index in [1.54, 1.807) is 0 Å². The van der Waals surface area contributed by atoms with E-state index < -0.39 is 0 Å². The minimum absolute atomic E-state index is 0.396. The molecule has 0 amide bonds. The molecule has 0 unspecified atom stereocenters. The molecule has 4 rings (SSSR count). The number of rotatable bonds is 3. The lowest BCUT2D eigenvalue weighted by molar-refractivity contribution is 0.311. The normalized spacial score (nSPS) is 19.8. The highest BCUT2D eigenvalue weighted by atomic mass is 16.5. The molecule has 4 nitrogen and oxygen atoms in total. The van der Waals surface area contributed by atoms with Crippen molar-refractivity contribution < 1.29 is 4.52 Å². The third-order valence-electron chi connectivity index (χ3n) is 4.82. The second-order valence-corrected chi connectivity index (χ2v) is 6.32. The van der Waals surface area contributed by atoms with Gasteiger partial charge in [-0.25, -0.2) is 0 Å². The molecule has 1 saturated heterocycles. The van der Waals surface area contributed by atoms with Gasteiger partial charge in [-0.1, -0.05) is 29.4 Å². The van der Waals surface area contributed by atoms with Gasteiger partial charge in [-0.15, -0.1) is 0 Å². The van der Waals surface area contributed by atoms with Crippen LogP contribution in [0.2, 0.25) is 0 Å². The predicted molar refractivity (Wildman–Crippen MR) is 80.2 cm³/mol. The first-order valence-corrected chi connectivity index (χ1v) is 7.98. The van der Waals surface area contributed by atoms with Crippen LogP contribution in [-0.2, 0) is 19.3 Å². The predicted octanol–water partition coefficient (Wildman–Crippen LogP) is 2.49. The van der Waals surface area contributed by atoms with Crippen LogP contribution in [0.15, 0.2) is 28.8 Å². The molecular formula is C17H21N3O. The molecule has 1 aliphatic carbocycles. The van der Waals surface area contributed by atoms with Crippen LogP contribution in [0.4, 0.5) is 0 Å². The van der Waals surface area contributed by atoms with Crippen molar-refractivity contribution in [3.05, 3.63) is 47.1 Å². The summed E-state index contributed by atoms with van der Waals surface area (Å²) in [5, 5.41) is 7.64. The van der Waals surface area contributed by atoms with Crippen molar-refractivity contribution in [2.24, 2.45) is 5.92 Å². The molecule has 1 aliphatic heterocycles. The van der Waals surface area contributed by atoms with Crippen molar-refractivity contribution in [1.82, 2.24) is 15.5 Å². The molecule has 110 valence electrons. The number of nitrogens with zero attached hydrogens (tertiary/aromatic N) is 2. The zero-order valence-electron chi connectivity index (χ0n) is 12.2. The van der Waals surface area contributed by atoms with E-state index >= 15 is 0 Å². The van der Waals surface area contributed by atoms with Crippen LogP contribution in [0.25, 0.3) is 0 Å². The fraction of sp³-hybridized carbons (Fsp3) is 0.529. The fourth-order valence-electron chi connectivity index (χ4n) is 3.59. The summed E-state index contributed by atoms with van der Waals surface area (Å²) in [6, 6.07) is 8.65. The number of piperidine rings is 1. The van der Waals surface area contributed by atoms with Gasteiger partial charge >= 0.3 is 0 Å². The van der Waals surface area contributed by atoms with Gasteiger partial charge < -0.3 is 9.84 Å². The molecule has 0 saturated carbocycles. The Morgan fingerprint density at radius 3 is 2.52 bits per heavy atom.